The molecule has 26 heavy (non-hydrogen) atoms. The molecule has 0 aliphatic carbocycles. The predicted molar refractivity (Wildman–Crippen MR) is 118 cm³/mol. The first-order chi connectivity index (χ1) is 11.4. The Morgan fingerprint density at radius 2 is 0.923 bits per heavy atom. The molecule has 0 amide bonds. The fourth-order valence-electron chi connectivity index (χ4n) is 3.69. The molecule has 2 aliphatic heterocycles. The van der Waals surface area contributed by atoms with Crippen molar-refractivity contribution in [3.63, 3.8) is 0 Å². The van der Waals surface area contributed by atoms with Gasteiger partial charge in [0.2, 0.25) is 0 Å². The summed E-state index contributed by atoms with van der Waals surface area (Å²) >= 11 is 0. The molecule has 0 N–H and O–H groups in total. The molecule has 2 nitrogen and oxygen atoms in total. The number of likely N-dealkylation sites (tertiary alicyclic amines) is 2. The molecule has 150 valence electrons. The Hall–Kier alpha value is -0.380. The van der Waals surface area contributed by atoms with E-state index in [0.29, 0.717) is 0 Å². The number of rotatable bonds is 5. The van der Waals surface area contributed by atoms with E-state index < -0.39 is 0 Å². The highest BCUT2D eigenvalue weighted by atomic mass is 35.5. The Morgan fingerprint density at radius 3 is 1.23 bits per heavy atom. The molecule has 0 bridgehead atoms. The highest BCUT2D eigenvalue weighted by Crippen LogP contribution is 2.21. The zero-order valence-corrected chi connectivity index (χ0v) is 18.8. The fourth-order valence-corrected chi connectivity index (χ4v) is 3.69. The van der Waals surface area contributed by atoms with Gasteiger partial charge in [0, 0.05) is 12.8 Å². The van der Waals surface area contributed by atoms with E-state index in [0.717, 1.165) is 12.8 Å². The summed E-state index contributed by atoms with van der Waals surface area (Å²) in [4.78, 5) is 5.04. The van der Waals surface area contributed by atoms with Gasteiger partial charge in [-0.15, -0.1) is 36.7 Å². The second-order valence-electron chi connectivity index (χ2n) is 8.32. The van der Waals surface area contributed by atoms with Crippen LogP contribution in [0.3, 0.4) is 0 Å². The van der Waals surface area contributed by atoms with Crippen molar-refractivity contribution in [2.75, 3.05) is 26.2 Å². The van der Waals surface area contributed by atoms with Crippen molar-refractivity contribution < 1.29 is 0 Å². The third-order valence-corrected chi connectivity index (χ3v) is 5.44. The van der Waals surface area contributed by atoms with Gasteiger partial charge in [-0.3, -0.25) is 9.80 Å². The maximum Gasteiger partial charge on any atom is 0.0768 e. The summed E-state index contributed by atoms with van der Waals surface area (Å²) in [5.74, 6) is 13.8. The van der Waals surface area contributed by atoms with Gasteiger partial charge in [-0.25, -0.2) is 0 Å². The first-order valence-electron chi connectivity index (χ1n) is 9.92. The smallest absolute Gasteiger partial charge is 0.0768 e. The van der Waals surface area contributed by atoms with Crippen LogP contribution < -0.4 is 0 Å². The molecular formula is C22H38Cl2N2. The quantitative estimate of drug-likeness (QED) is 0.465. The lowest BCUT2D eigenvalue weighted by molar-refractivity contribution is 0.213. The van der Waals surface area contributed by atoms with Gasteiger partial charge in [0.1, 0.15) is 0 Å². The maximum atomic E-state index is 3.49. The number of nitrogens with zero attached hydrogens (tertiary/aromatic N) is 2. The molecule has 2 heterocycles. The minimum atomic E-state index is 0. The van der Waals surface area contributed by atoms with Gasteiger partial charge in [-0.2, -0.15) is 0 Å². The average molecular weight is 401 g/mol. The number of hydrogen-bond acceptors (Lipinski definition) is 2. The van der Waals surface area contributed by atoms with Crippen LogP contribution in [-0.4, -0.2) is 47.1 Å². The standard InChI is InChI=1S/C22H36N2.2ClH/c1-21(2,23-17-11-12-18-23)15-9-7-5-6-8-10-16-22(3,4)24-19-13-14-20-24;;/h5-8,11-14,17-20H2,1-4H3;2*1H. The van der Waals surface area contributed by atoms with Crippen LogP contribution in [0.1, 0.15) is 79.1 Å². The van der Waals surface area contributed by atoms with E-state index in [1.54, 1.807) is 0 Å². The molecule has 0 saturated carbocycles. The Balaban J connectivity index is 0.00000312. The lowest BCUT2D eigenvalue weighted by atomic mass is 10.0. The van der Waals surface area contributed by atoms with Gasteiger partial charge < -0.3 is 0 Å². The third kappa shape index (κ3) is 8.10. The van der Waals surface area contributed by atoms with Crippen LogP contribution in [0.4, 0.5) is 0 Å². The van der Waals surface area contributed by atoms with E-state index in [9.17, 15) is 0 Å². The SMILES string of the molecule is CC(C)(C#CCCCCC#CC(C)(C)N1CCCC1)N1CCCC1.Cl.Cl. The monoisotopic (exact) mass is 400 g/mol. The molecule has 0 atom stereocenters. The Kier molecular flexibility index (Phi) is 12.0. The summed E-state index contributed by atoms with van der Waals surface area (Å²) in [7, 11) is 0. The van der Waals surface area contributed by atoms with Gasteiger partial charge in [-0.1, -0.05) is 11.8 Å². The van der Waals surface area contributed by atoms with Crippen LogP contribution in [0.25, 0.3) is 0 Å². The molecule has 2 rings (SSSR count). The van der Waals surface area contributed by atoms with Crippen LogP contribution in [0.2, 0.25) is 0 Å². The van der Waals surface area contributed by atoms with E-state index in [-0.39, 0.29) is 35.9 Å². The summed E-state index contributed by atoms with van der Waals surface area (Å²) in [5, 5.41) is 0. The van der Waals surface area contributed by atoms with Crippen molar-refractivity contribution in [1.82, 2.24) is 9.80 Å². The normalized spacial score (nSPS) is 18.2. The van der Waals surface area contributed by atoms with Gasteiger partial charge in [0.15, 0.2) is 0 Å². The van der Waals surface area contributed by atoms with Gasteiger partial charge in [0.05, 0.1) is 11.1 Å². The Morgan fingerprint density at radius 1 is 0.615 bits per heavy atom. The van der Waals surface area contributed by atoms with Crippen LogP contribution in [0, 0.1) is 23.7 Å². The number of unbranched alkanes of at least 4 members (excludes halogenated alkanes) is 3. The molecule has 2 aliphatic rings. The molecule has 0 spiro atoms. The van der Waals surface area contributed by atoms with E-state index in [1.807, 2.05) is 0 Å². The second kappa shape index (κ2) is 12.2. The Bertz CT molecular complexity index is 460. The molecule has 0 aromatic rings. The summed E-state index contributed by atoms with van der Waals surface area (Å²) in [5.41, 5.74) is 0.103. The lowest BCUT2D eigenvalue weighted by Gasteiger charge is -2.30. The maximum absolute atomic E-state index is 3.49. The summed E-state index contributed by atoms with van der Waals surface area (Å²) in [6.07, 6.45) is 9.68. The predicted octanol–water partition coefficient (Wildman–Crippen LogP) is 5.15. The van der Waals surface area contributed by atoms with Crippen molar-refractivity contribution in [3.05, 3.63) is 0 Å². The molecule has 0 aromatic carbocycles. The van der Waals surface area contributed by atoms with E-state index in [1.165, 1.54) is 64.7 Å². The first kappa shape index (κ1) is 25.6. The molecular weight excluding hydrogens is 363 g/mol. The van der Waals surface area contributed by atoms with Gasteiger partial charge in [-0.05, 0) is 92.4 Å². The summed E-state index contributed by atoms with van der Waals surface area (Å²) in [6.45, 7) is 13.9. The summed E-state index contributed by atoms with van der Waals surface area (Å²) in [6, 6.07) is 0. The van der Waals surface area contributed by atoms with Crippen molar-refractivity contribution in [2.45, 2.75) is 90.1 Å². The second-order valence-corrected chi connectivity index (χ2v) is 8.32. The highest BCUT2D eigenvalue weighted by molar-refractivity contribution is 5.85. The zero-order chi connectivity index (χ0) is 17.5. The van der Waals surface area contributed by atoms with Crippen molar-refractivity contribution >= 4 is 24.8 Å². The van der Waals surface area contributed by atoms with E-state index in [4.69, 9.17) is 0 Å². The largest absolute Gasteiger partial charge is 0.288 e. The average Bonchev–Trinajstić information content (AvgIpc) is 3.23. The van der Waals surface area contributed by atoms with E-state index >= 15 is 0 Å². The van der Waals surface area contributed by atoms with Crippen molar-refractivity contribution in [2.24, 2.45) is 0 Å². The van der Waals surface area contributed by atoms with Gasteiger partial charge >= 0.3 is 0 Å². The van der Waals surface area contributed by atoms with Crippen LogP contribution >= 0.6 is 24.8 Å². The highest BCUT2D eigenvalue weighted by Gasteiger charge is 2.27. The minimum absolute atomic E-state index is 0. The third-order valence-electron chi connectivity index (χ3n) is 5.44. The molecule has 0 unspecified atom stereocenters. The number of hydrogen-bond donors (Lipinski definition) is 0. The first-order valence-corrected chi connectivity index (χ1v) is 9.92. The minimum Gasteiger partial charge on any atom is -0.288 e. The summed E-state index contributed by atoms with van der Waals surface area (Å²) < 4.78 is 0. The zero-order valence-electron chi connectivity index (χ0n) is 17.2. The molecule has 4 heteroatoms. The van der Waals surface area contributed by atoms with Crippen LogP contribution in [0.15, 0.2) is 0 Å². The molecule has 0 aromatic heterocycles. The van der Waals surface area contributed by atoms with Crippen molar-refractivity contribution in [3.8, 4) is 23.7 Å². The Labute approximate surface area is 174 Å². The van der Waals surface area contributed by atoms with Gasteiger partial charge in [0.25, 0.3) is 0 Å². The molecule has 2 saturated heterocycles. The lowest BCUT2D eigenvalue weighted by Crippen LogP contribution is -2.40. The molecule has 2 fully saturated rings. The van der Waals surface area contributed by atoms with Crippen molar-refractivity contribution in [1.29, 1.82) is 0 Å². The number of halogens is 2. The van der Waals surface area contributed by atoms with Crippen LogP contribution in [0.5, 0.6) is 0 Å². The topological polar surface area (TPSA) is 6.48 Å². The van der Waals surface area contributed by atoms with Crippen LogP contribution in [-0.2, 0) is 0 Å². The fraction of sp³-hybridized carbons (Fsp3) is 0.818. The molecule has 0 radical (unpaired) electrons. The van der Waals surface area contributed by atoms with E-state index in [2.05, 4.69) is 61.2 Å².